The lowest BCUT2D eigenvalue weighted by molar-refractivity contribution is -0.122. The Bertz CT molecular complexity index is 2670. The van der Waals surface area contributed by atoms with Gasteiger partial charge in [0.15, 0.2) is 11.8 Å². The number of benzene rings is 2. The molecule has 2 heterocycles. The van der Waals surface area contributed by atoms with Gasteiger partial charge in [0.05, 0.1) is 269 Å². The second-order valence-corrected chi connectivity index (χ2v) is 22.8. The Kier molecular flexibility index (Phi) is 57.0. The Morgan fingerprint density at radius 2 is 0.873 bits per heavy atom. The zero-order valence-corrected chi connectivity index (χ0v) is 61.3. The van der Waals surface area contributed by atoms with Crippen molar-refractivity contribution in [3.8, 4) is 0 Å². The highest BCUT2D eigenvalue weighted by Gasteiger charge is 2.17. The van der Waals surface area contributed by atoms with E-state index in [1.807, 2.05) is 42.5 Å². The van der Waals surface area contributed by atoms with Gasteiger partial charge in [-0.2, -0.15) is 0 Å². The zero-order chi connectivity index (χ0) is 72.3. The van der Waals surface area contributed by atoms with Crippen LogP contribution in [0.15, 0.2) is 53.5 Å². The fraction of sp³-hybridized carbons (Fsp3) is 0.736. The Balaban J connectivity index is 1.02. The number of nitrogens with one attached hydrogen (secondary N) is 3. The number of carbonyl (C=O) groups is 2. The van der Waals surface area contributed by atoms with Crippen LogP contribution in [0.3, 0.4) is 0 Å². The van der Waals surface area contributed by atoms with Crippen LogP contribution in [0.4, 0.5) is 11.5 Å². The van der Waals surface area contributed by atoms with Crippen molar-refractivity contribution in [1.29, 1.82) is 0 Å². The summed E-state index contributed by atoms with van der Waals surface area (Å²) >= 11 is 0. The maximum absolute atomic E-state index is 12.8. The van der Waals surface area contributed by atoms with Gasteiger partial charge in [-0.1, -0.05) is 43.7 Å². The third-order valence-corrected chi connectivity index (χ3v) is 14.5. The van der Waals surface area contributed by atoms with Gasteiger partial charge in [0, 0.05) is 63.6 Å². The molecule has 0 aliphatic rings. The number of guanidine groups is 1. The van der Waals surface area contributed by atoms with Gasteiger partial charge in [-0.3, -0.25) is 14.6 Å². The highest BCUT2D eigenvalue weighted by Crippen LogP contribution is 2.30. The number of unbranched alkanes of at least 4 members (excludes halogenated alkanes) is 2. The predicted octanol–water partition coefficient (Wildman–Crippen LogP) is 5.29. The molecule has 30 nitrogen and oxygen atoms in total. The third-order valence-electron chi connectivity index (χ3n) is 14.5. The standard InChI is InChI=1S/C72H122N8O22/c1-4-5-15-67-79-69-70(65-13-6-7-14-66(65)78-71(69)73)80(67)20-9-8-18-74-72(75-19-23-86-28-31-90-36-39-94-44-47-98-52-55-102-59-58-100-53-50-96-45-42-92-37-34-88-29-26-84-21-16-62(2)81)77-64-12-10-11-63(60-64)61-76-68(82)17-22-85-27-30-89-35-38-93-43-46-97-51-54-101-57-56-99-49-48-95-41-40-91-33-32-87-25-24-83-3/h6-7,10-14,60H,4-5,8-9,15-59,61H2,1-3H3,(H2,73,78)(H,76,82)(H2,74,75,77). The van der Waals surface area contributed by atoms with Crippen LogP contribution in [0.25, 0.3) is 21.9 Å². The number of fused-ring (bicyclic) bond motifs is 3. The van der Waals surface area contributed by atoms with E-state index in [1.54, 1.807) is 14.0 Å². The van der Waals surface area contributed by atoms with Crippen molar-refractivity contribution in [1.82, 2.24) is 25.2 Å². The molecule has 0 atom stereocenters. The van der Waals surface area contributed by atoms with E-state index in [9.17, 15) is 9.59 Å². The number of amides is 1. The van der Waals surface area contributed by atoms with Crippen LogP contribution in [0, 0.1) is 0 Å². The number of anilines is 2. The minimum absolute atomic E-state index is 0.115. The number of pyridine rings is 1. The minimum Gasteiger partial charge on any atom is -0.382 e. The van der Waals surface area contributed by atoms with Crippen LogP contribution in [-0.4, -0.2) is 310 Å². The average molecular weight is 1450 g/mol. The molecule has 0 saturated heterocycles. The fourth-order valence-corrected chi connectivity index (χ4v) is 9.28. The lowest BCUT2D eigenvalue weighted by atomic mass is 10.2. The molecule has 0 saturated carbocycles. The first-order valence-corrected chi connectivity index (χ1v) is 36.3. The van der Waals surface area contributed by atoms with E-state index in [2.05, 4.69) is 38.5 Å². The van der Waals surface area contributed by atoms with Gasteiger partial charge >= 0.3 is 0 Å². The summed E-state index contributed by atoms with van der Waals surface area (Å²) in [5.41, 5.74) is 10.9. The number of para-hydroxylation sites is 1. The molecule has 2 aromatic carbocycles. The lowest BCUT2D eigenvalue weighted by Crippen LogP contribution is -2.34. The van der Waals surface area contributed by atoms with Crippen molar-refractivity contribution < 1.29 is 104 Å². The van der Waals surface area contributed by atoms with Gasteiger partial charge in [-0.05, 0) is 49.9 Å². The number of carbonyl (C=O) groups excluding carboxylic acids is 2. The number of Topliss-reactive ketones (excluding diaryl/α,β-unsaturated/α-hetero) is 1. The van der Waals surface area contributed by atoms with Crippen LogP contribution in [-0.2, 0) is 124 Å². The average Bonchev–Trinajstić information content (AvgIpc) is 1.59. The summed E-state index contributed by atoms with van der Waals surface area (Å²) in [6, 6.07) is 16.0. The molecule has 0 unspecified atom stereocenters. The maximum Gasteiger partial charge on any atom is 0.222 e. The molecule has 0 radical (unpaired) electrons. The second kappa shape index (κ2) is 65.3. The first-order valence-electron chi connectivity index (χ1n) is 36.3. The van der Waals surface area contributed by atoms with Crippen molar-refractivity contribution in [3.05, 3.63) is 59.9 Å². The number of nitrogens with two attached hydrogens (primary N) is 1. The molecule has 5 N–H and O–H groups in total. The SMILES string of the molecule is CCCCc1nc2c(N)nc3ccccc3c2n1CCCCN=C(NCCOCCOCCOCCOCCOCCOCCOCCOCCOCCOCCC(C)=O)Nc1cccc(CNC(=O)CCOCCOCCOCCOCCOCCOCCOCCOCCOCCOC)c1. The number of imidazole rings is 1. The predicted molar refractivity (Wildman–Crippen MR) is 387 cm³/mol. The normalized spacial score (nSPS) is 11.9. The Morgan fingerprint density at radius 3 is 1.30 bits per heavy atom. The molecular weight excluding hydrogens is 1330 g/mol. The number of ketones is 1. The summed E-state index contributed by atoms with van der Waals surface area (Å²) in [5.74, 6) is 2.08. The molecule has 0 bridgehead atoms. The smallest absolute Gasteiger partial charge is 0.222 e. The number of nitrogens with zero attached hydrogens (tertiary/aromatic N) is 4. The van der Waals surface area contributed by atoms with Crippen molar-refractivity contribution in [2.24, 2.45) is 4.99 Å². The number of ether oxygens (including phenoxy) is 20. The van der Waals surface area contributed by atoms with Crippen molar-refractivity contribution in [2.45, 2.75) is 71.9 Å². The Hall–Kier alpha value is -5.27. The number of nitrogen functional groups attached to an aromatic ring is 1. The first kappa shape index (κ1) is 89.1. The van der Waals surface area contributed by atoms with Crippen molar-refractivity contribution >= 4 is 51.1 Å². The van der Waals surface area contributed by atoms with E-state index in [0.29, 0.717) is 289 Å². The molecule has 0 aliphatic heterocycles. The monoisotopic (exact) mass is 1450 g/mol. The Morgan fingerprint density at radius 1 is 0.461 bits per heavy atom. The number of hydrogen-bond donors (Lipinski definition) is 4. The van der Waals surface area contributed by atoms with Gasteiger partial charge in [0.2, 0.25) is 5.91 Å². The number of methoxy groups -OCH3 is 1. The molecule has 0 aliphatic carbocycles. The number of rotatable bonds is 74. The van der Waals surface area contributed by atoms with Crippen LogP contribution in [0.2, 0.25) is 0 Å². The van der Waals surface area contributed by atoms with Gasteiger partial charge in [-0.15, -0.1) is 0 Å². The van der Waals surface area contributed by atoms with E-state index in [1.165, 1.54) is 0 Å². The molecule has 102 heavy (non-hydrogen) atoms. The number of hydrogen-bond acceptors (Lipinski definition) is 26. The van der Waals surface area contributed by atoms with E-state index in [4.69, 9.17) is 110 Å². The first-order chi connectivity index (χ1) is 50.4. The highest BCUT2D eigenvalue weighted by atomic mass is 16.6. The van der Waals surface area contributed by atoms with Crippen LogP contribution < -0.4 is 21.7 Å². The molecule has 2 aromatic heterocycles. The summed E-state index contributed by atoms with van der Waals surface area (Å²) < 4.78 is 113. The molecule has 0 fully saturated rings. The third kappa shape index (κ3) is 48.0. The van der Waals surface area contributed by atoms with Crippen molar-refractivity contribution in [3.63, 3.8) is 0 Å². The minimum atomic E-state index is -0.117. The molecule has 0 spiro atoms. The summed E-state index contributed by atoms with van der Waals surface area (Å²) in [4.78, 5) is 38.4. The summed E-state index contributed by atoms with van der Waals surface area (Å²) in [7, 11) is 1.64. The van der Waals surface area contributed by atoms with Gasteiger partial charge in [0.1, 0.15) is 17.1 Å². The number of aryl methyl sites for hydroxylation is 2. The van der Waals surface area contributed by atoms with Crippen LogP contribution in [0.1, 0.15) is 63.8 Å². The van der Waals surface area contributed by atoms with Crippen LogP contribution >= 0.6 is 0 Å². The molecule has 4 rings (SSSR count). The molecule has 30 heteroatoms. The summed E-state index contributed by atoms with van der Waals surface area (Å²) in [6.45, 7) is 24.0. The van der Waals surface area contributed by atoms with Gasteiger partial charge < -0.3 is 121 Å². The Labute approximate surface area is 604 Å². The summed E-state index contributed by atoms with van der Waals surface area (Å²) in [5, 5.41) is 11.0. The van der Waals surface area contributed by atoms with E-state index < -0.39 is 0 Å². The van der Waals surface area contributed by atoms with Gasteiger partial charge in [0.25, 0.3) is 0 Å². The molecular formula is C72H122N8O22. The largest absolute Gasteiger partial charge is 0.382 e. The zero-order valence-electron chi connectivity index (χ0n) is 61.3. The number of aromatic nitrogens is 3. The molecule has 1 amide bonds. The second-order valence-electron chi connectivity index (χ2n) is 22.8. The molecule has 4 aromatic rings. The topological polar surface area (TPSA) is 324 Å². The fourth-order valence-electron chi connectivity index (χ4n) is 9.28. The van der Waals surface area contributed by atoms with Crippen molar-refractivity contribution in [2.75, 3.05) is 289 Å². The van der Waals surface area contributed by atoms with E-state index in [-0.39, 0.29) is 24.7 Å². The maximum atomic E-state index is 12.8. The van der Waals surface area contributed by atoms with Crippen LogP contribution in [0.5, 0.6) is 0 Å². The molecule has 582 valence electrons. The van der Waals surface area contributed by atoms with E-state index in [0.717, 1.165) is 77.7 Å². The highest BCUT2D eigenvalue weighted by molar-refractivity contribution is 6.06. The summed E-state index contributed by atoms with van der Waals surface area (Å²) in [6.07, 6.45) is 5.29. The van der Waals surface area contributed by atoms with E-state index >= 15 is 0 Å². The quantitative estimate of drug-likeness (QED) is 0.0248. The van der Waals surface area contributed by atoms with Gasteiger partial charge in [-0.25, -0.2) is 9.97 Å². The lowest BCUT2D eigenvalue weighted by Gasteiger charge is -2.14. The number of aliphatic imine (C=N–C) groups is 1.